The fourth-order valence-corrected chi connectivity index (χ4v) is 3.90. The smallest absolute Gasteiger partial charge is 0.321 e. The van der Waals surface area contributed by atoms with Crippen LogP contribution < -0.4 is 16.0 Å². The number of hydrogen-bond acceptors (Lipinski definition) is 3. The first-order valence-corrected chi connectivity index (χ1v) is 9.99. The van der Waals surface area contributed by atoms with Crippen molar-refractivity contribution in [2.75, 3.05) is 7.05 Å². The number of thiophene rings is 1. The Bertz CT molecular complexity index is 909. The number of nitrogens with one attached hydrogen (secondary N) is 2. The average Bonchev–Trinajstić information content (AvgIpc) is 3.24. The van der Waals surface area contributed by atoms with Gasteiger partial charge >= 0.3 is 6.03 Å². The Labute approximate surface area is 168 Å². The number of benzene rings is 2. The van der Waals surface area contributed by atoms with Crippen LogP contribution in [-0.2, 0) is 4.79 Å². The van der Waals surface area contributed by atoms with E-state index in [4.69, 9.17) is 0 Å². The summed E-state index contributed by atoms with van der Waals surface area (Å²) >= 11 is 1.66. The molecular weight excluding hydrogens is 370 g/mol. The average molecular weight is 395 g/mol. The zero-order chi connectivity index (χ0) is 19.9. The van der Waals surface area contributed by atoms with Crippen LogP contribution in [0.15, 0.2) is 72.1 Å². The number of hydrogen-bond donors (Lipinski definition) is 3. The van der Waals surface area contributed by atoms with Crippen molar-refractivity contribution in [1.29, 1.82) is 0 Å². The molecule has 0 unspecified atom stereocenters. The molecule has 0 saturated carbocycles. The Kier molecular flexibility index (Phi) is 6.57. The van der Waals surface area contributed by atoms with Gasteiger partial charge in [-0.1, -0.05) is 66.2 Å². The Balaban J connectivity index is 1.96. The number of urea groups is 1. The maximum absolute atomic E-state index is 12.9. The number of imide groups is 1. The van der Waals surface area contributed by atoms with Crippen LogP contribution in [0.4, 0.5) is 4.79 Å². The lowest BCUT2D eigenvalue weighted by atomic mass is 9.99. The molecule has 3 aromatic rings. The molecule has 2 atom stereocenters. The summed E-state index contributed by atoms with van der Waals surface area (Å²) < 4.78 is 0. The lowest BCUT2D eigenvalue weighted by molar-refractivity contribution is -0.713. The number of rotatable bonds is 6. The van der Waals surface area contributed by atoms with Crippen LogP contribution in [0.5, 0.6) is 0 Å². The molecule has 28 heavy (non-hydrogen) atoms. The van der Waals surface area contributed by atoms with Gasteiger partial charge in [0.1, 0.15) is 6.04 Å². The van der Waals surface area contributed by atoms with E-state index in [0.29, 0.717) is 0 Å². The molecule has 0 bridgehead atoms. The number of carbonyl (C=O) groups excluding carboxylic acids is 2. The second-order valence-corrected chi connectivity index (χ2v) is 7.53. The second kappa shape index (κ2) is 9.30. The first-order chi connectivity index (χ1) is 13.6. The molecule has 3 rings (SSSR count). The summed E-state index contributed by atoms with van der Waals surface area (Å²) in [5.41, 5.74) is 3.14. The van der Waals surface area contributed by atoms with Crippen molar-refractivity contribution in [1.82, 2.24) is 10.6 Å². The molecule has 2 aromatic carbocycles. The van der Waals surface area contributed by atoms with E-state index in [1.807, 2.05) is 47.1 Å². The topological polar surface area (TPSA) is 74.8 Å². The van der Waals surface area contributed by atoms with Gasteiger partial charge in [0.2, 0.25) is 0 Å². The van der Waals surface area contributed by atoms with Gasteiger partial charge in [0.05, 0.1) is 4.88 Å². The third kappa shape index (κ3) is 4.85. The van der Waals surface area contributed by atoms with Crippen LogP contribution in [0.2, 0.25) is 0 Å². The van der Waals surface area contributed by atoms with Crippen molar-refractivity contribution in [2.24, 2.45) is 0 Å². The van der Waals surface area contributed by atoms with E-state index in [9.17, 15) is 9.59 Å². The van der Waals surface area contributed by atoms with E-state index < -0.39 is 12.1 Å². The summed E-state index contributed by atoms with van der Waals surface area (Å²) in [5.74, 6) is -0.348. The van der Waals surface area contributed by atoms with E-state index in [2.05, 4.69) is 47.9 Å². The zero-order valence-electron chi connectivity index (χ0n) is 15.9. The minimum absolute atomic E-state index is 0.0544. The molecule has 6 heteroatoms. The molecule has 0 aliphatic heterocycles. The SMILES string of the molecule is CNC(=O)NC(=O)[C@@H]([NH2+][C@H](c1ccc(C)cc1)c1cccs1)c1ccccc1. The van der Waals surface area contributed by atoms with Crippen molar-refractivity contribution < 1.29 is 14.9 Å². The number of amides is 3. The first kappa shape index (κ1) is 19.8. The Morgan fingerprint density at radius 3 is 2.25 bits per heavy atom. The maximum Gasteiger partial charge on any atom is 0.321 e. The van der Waals surface area contributed by atoms with Crippen LogP contribution in [0.3, 0.4) is 0 Å². The van der Waals surface area contributed by atoms with Gasteiger partial charge in [-0.3, -0.25) is 10.1 Å². The van der Waals surface area contributed by atoms with Crippen molar-refractivity contribution in [2.45, 2.75) is 19.0 Å². The molecule has 0 spiro atoms. The van der Waals surface area contributed by atoms with Crippen LogP contribution in [0, 0.1) is 6.92 Å². The normalized spacial score (nSPS) is 12.8. The Hall–Kier alpha value is -2.96. The molecule has 4 N–H and O–H groups in total. The van der Waals surface area contributed by atoms with E-state index in [1.165, 1.54) is 12.6 Å². The predicted molar refractivity (Wildman–Crippen MR) is 111 cm³/mol. The highest BCUT2D eigenvalue weighted by Gasteiger charge is 2.31. The van der Waals surface area contributed by atoms with Gasteiger partial charge in [-0.05, 0) is 18.4 Å². The molecule has 3 amide bonds. The molecule has 1 aromatic heterocycles. The summed E-state index contributed by atoms with van der Waals surface area (Å²) in [6.07, 6.45) is 0. The minimum atomic E-state index is -0.563. The molecule has 0 aliphatic carbocycles. The molecule has 0 saturated heterocycles. The van der Waals surface area contributed by atoms with Crippen LogP contribution in [0.25, 0.3) is 0 Å². The maximum atomic E-state index is 12.9. The Morgan fingerprint density at radius 1 is 0.929 bits per heavy atom. The largest absolute Gasteiger partial charge is 0.341 e. The summed E-state index contributed by atoms with van der Waals surface area (Å²) in [5, 5.41) is 8.91. The first-order valence-electron chi connectivity index (χ1n) is 9.11. The molecule has 5 nitrogen and oxygen atoms in total. The highest BCUT2D eigenvalue weighted by Crippen LogP contribution is 2.24. The van der Waals surface area contributed by atoms with Gasteiger partial charge in [-0.2, -0.15) is 0 Å². The monoisotopic (exact) mass is 394 g/mol. The molecular formula is C22H24N3O2S+. The van der Waals surface area contributed by atoms with Crippen LogP contribution >= 0.6 is 11.3 Å². The van der Waals surface area contributed by atoms with Gasteiger partial charge in [0.25, 0.3) is 5.91 Å². The highest BCUT2D eigenvalue weighted by atomic mass is 32.1. The predicted octanol–water partition coefficient (Wildman–Crippen LogP) is 2.91. The Morgan fingerprint density at radius 2 is 1.64 bits per heavy atom. The summed E-state index contributed by atoms with van der Waals surface area (Å²) in [6, 6.07) is 20.8. The van der Waals surface area contributed by atoms with E-state index >= 15 is 0 Å². The van der Waals surface area contributed by atoms with Crippen molar-refractivity contribution in [3.63, 3.8) is 0 Å². The van der Waals surface area contributed by atoms with Crippen molar-refractivity contribution in [3.05, 3.63) is 93.7 Å². The highest BCUT2D eigenvalue weighted by molar-refractivity contribution is 7.10. The molecule has 1 heterocycles. The minimum Gasteiger partial charge on any atom is -0.341 e. The summed E-state index contributed by atoms with van der Waals surface area (Å²) in [4.78, 5) is 25.8. The van der Waals surface area contributed by atoms with Gasteiger partial charge in [-0.25, -0.2) is 4.79 Å². The van der Waals surface area contributed by atoms with Gasteiger partial charge < -0.3 is 10.6 Å². The number of aryl methyl sites for hydroxylation is 1. The zero-order valence-corrected chi connectivity index (χ0v) is 16.7. The van der Waals surface area contributed by atoms with E-state index in [0.717, 1.165) is 16.0 Å². The standard InChI is InChI=1S/C22H23N3O2S/c1-15-10-12-17(13-11-15)19(18-9-6-14-28-18)24-20(16-7-4-3-5-8-16)21(26)25-22(27)23-2/h3-14,19-20,24H,1-2H3,(H2,23,25,26,27)/p+1/t19-,20+/m1/s1. The fourth-order valence-electron chi connectivity index (χ4n) is 3.07. The molecule has 144 valence electrons. The molecule has 0 aliphatic rings. The van der Waals surface area contributed by atoms with Crippen LogP contribution in [-0.4, -0.2) is 19.0 Å². The van der Waals surface area contributed by atoms with Gasteiger partial charge in [-0.15, -0.1) is 11.3 Å². The third-order valence-corrected chi connectivity index (χ3v) is 5.53. The van der Waals surface area contributed by atoms with Gasteiger partial charge in [0, 0.05) is 18.2 Å². The number of nitrogens with two attached hydrogens (primary N) is 1. The van der Waals surface area contributed by atoms with E-state index in [-0.39, 0.29) is 11.9 Å². The number of quaternary nitrogens is 1. The van der Waals surface area contributed by atoms with Crippen LogP contribution in [0.1, 0.15) is 33.7 Å². The lowest BCUT2D eigenvalue weighted by Gasteiger charge is -2.22. The number of carbonyl (C=O) groups is 2. The quantitative estimate of drug-likeness (QED) is 0.601. The van der Waals surface area contributed by atoms with Gasteiger partial charge in [0.15, 0.2) is 6.04 Å². The third-order valence-electron chi connectivity index (χ3n) is 4.58. The summed E-state index contributed by atoms with van der Waals surface area (Å²) in [7, 11) is 1.49. The van der Waals surface area contributed by atoms with E-state index in [1.54, 1.807) is 11.3 Å². The summed E-state index contributed by atoms with van der Waals surface area (Å²) in [6.45, 7) is 2.05. The van der Waals surface area contributed by atoms with Crippen molar-refractivity contribution >= 4 is 23.3 Å². The molecule has 0 radical (unpaired) electrons. The lowest BCUT2D eigenvalue weighted by Crippen LogP contribution is -2.88. The second-order valence-electron chi connectivity index (χ2n) is 6.55. The van der Waals surface area contributed by atoms with Crippen molar-refractivity contribution in [3.8, 4) is 0 Å². The fraction of sp³-hybridized carbons (Fsp3) is 0.182. The molecule has 0 fully saturated rings.